The third-order valence-electron chi connectivity index (χ3n) is 4.07. The standard InChI is InChI=1S/C19H23BrN2O4/c1-13-10-16(25-2)12-19(24)22(13)9-8-21-18(23)7-4-14-11-15(20)5-6-17(14)26-3/h5-6,10-12H,4,7-9H2,1-3H3,(H,21,23). The van der Waals surface area contributed by atoms with Crippen molar-refractivity contribution in [2.75, 3.05) is 20.8 Å². The van der Waals surface area contributed by atoms with Crippen LogP contribution in [0.25, 0.3) is 0 Å². The van der Waals surface area contributed by atoms with Gasteiger partial charge < -0.3 is 19.4 Å². The maximum atomic E-state index is 12.1. The highest BCUT2D eigenvalue weighted by atomic mass is 79.9. The monoisotopic (exact) mass is 422 g/mol. The molecule has 0 atom stereocenters. The van der Waals surface area contributed by atoms with Gasteiger partial charge in [-0.1, -0.05) is 15.9 Å². The fourth-order valence-corrected chi connectivity index (χ4v) is 3.10. The molecule has 0 spiro atoms. The summed E-state index contributed by atoms with van der Waals surface area (Å²) in [6.07, 6.45) is 0.930. The number of ether oxygens (including phenoxy) is 2. The molecule has 0 saturated heterocycles. The molecule has 0 fully saturated rings. The summed E-state index contributed by atoms with van der Waals surface area (Å²) in [5, 5.41) is 2.85. The summed E-state index contributed by atoms with van der Waals surface area (Å²) in [5.74, 6) is 1.24. The number of pyridine rings is 1. The molecule has 140 valence electrons. The van der Waals surface area contributed by atoms with Crippen LogP contribution in [0, 0.1) is 6.92 Å². The maximum Gasteiger partial charge on any atom is 0.254 e. The molecule has 2 rings (SSSR count). The number of carbonyl (C=O) groups excluding carboxylic acids is 1. The number of nitrogens with one attached hydrogen (secondary N) is 1. The number of methoxy groups -OCH3 is 2. The Morgan fingerprint density at radius 1 is 1.19 bits per heavy atom. The van der Waals surface area contributed by atoms with E-state index in [2.05, 4.69) is 21.2 Å². The van der Waals surface area contributed by atoms with E-state index in [1.807, 2.05) is 25.1 Å². The van der Waals surface area contributed by atoms with Crippen LogP contribution in [-0.4, -0.2) is 31.2 Å². The van der Waals surface area contributed by atoms with Crippen LogP contribution < -0.4 is 20.3 Å². The van der Waals surface area contributed by atoms with Crippen LogP contribution in [0.3, 0.4) is 0 Å². The van der Waals surface area contributed by atoms with Gasteiger partial charge in [0.25, 0.3) is 5.56 Å². The molecule has 0 bridgehead atoms. The van der Waals surface area contributed by atoms with Crippen LogP contribution in [-0.2, 0) is 17.8 Å². The number of benzene rings is 1. The molecule has 0 aliphatic carbocycles. The second-order valence-electron chi connectivity index (χ2n) is 5.83. The predicted octanol–water partition coefficient (Wildman–Crippen LogP) is 2.69. The van der Waals surface area contributed by atoms with E-state index in [1.165, 1.54) is 13.2 Å². The van der Waals surface area contributed by atoms with Crippen molar-refractivity contribution in [2.24, 2.45) is 0 Å². The van der Waals surface area contributed by atoms with Crippen molar-refractivity contribution in [1.82, 2.24) is 9.88 Å². The first kappa shape index (κ1) is 20.0. The van der Waals surface area contributed by atoms with Crippen molar-refractivity contribution in [3.8, 4) is 11.5 Å². The van der Waals surface area contributed by atoms with Crippen molar-refractivity contribution < 1.29 is 14.3 Å². The fraction of sp³-hybridized carbons (Fsp3) is 0.368. The van der Waals surface area contributed by atoms with Gasteiger partial charge in [-0.05, 0) is 43.2 Å². The van der Waals surface area contributed by atoms with Gasteiger partial charge in [0.2, 0.25) is 5.91 Å². The van der Waals surface area contributed by atoms with Crippen molar-refractivity contribution in [2.45, 2.75) is 26.3 Å². The molecular weight excluding hydrogens is 400 g/mol. The number of aromatic nitrogens is 1. The minimum Gasteiger partial charge on any atom is -0.496 e. The highest BCUT2D eigenvalue weighted by Crippen LogP contribution is 2.24. The zero-order chi connectivity index (χ0) is 19.1. The Morgan fingerprint density at radius 3 is 2.62 bits per heavy atom. The Kier molecular flexibility index (Phi) is 7.26. The van der Waals surface area contributed by atoms with Gasteiger partial charge in [0.15, 0.2) is 0 Å². The smallest absolute Gasteiger partial charge is 0.254 e. The second kappa shape index (κ2) is 9.43. The van der Waals surface area contributed by atoms with Crippen LogP contribution in [0.2, 0.25) is 0 Å². The summed E-state index contributed by atoms with van der Waals surface area (Å²) in [4.78, 5) is 24.2. The third kappa shape index (κ3) is 5.36. The van der Waals surface area contributed by atoms with Gasteiger partial charge in [-0.15, -0.1) is 0 Å². The molecule has 0 unspecified atom stereocenters. The van der Waals surface area contributed by atoms with Gasteiger partial charge in [0, 0.05) is 35.7 Å². The van der Waals surface area contributed by atoms with Crippen molar-refractivity contribution >= 4 is 21.8 Å². The van der Waals surface area contributed by atoms with Gasteiger partial charge in [-0.25, -0.2) is 0 Å². The Balaban J connectivity index is 1.87. The first-order valence-corrected chi connectivity index (χ1v) is 9.08. The zero-order valence-electron chi connectivity index (χ0n) is 15.2. The minimum atomic E-state index is -0.144. The number of hydrogen-bond acceptors (Lipinski definition) is 4. The first-order valence-electron chi connectivity index (χ1n) is 8.29. The number of amides is 1. The molecule has 1 aromatic heterocycles. The molecule has 0 aliphatic heterocycles. The van der Waals surface area contributed by atoms with Gasteiger partial charge >= 0.3 is 0 Å². The van der Waals surface area contributed by atoms with E-state index in [4.69, 9.17) is 9.47 Å². The normalized spacial score (nSPS) is 10.5. The number of nitrogens with zero attached hydrogens (tertiary/aromatic N) is 1. The highest BCUT2D eigenvalue weighted by molar-refractivity contribution is 9.10. The van der Waals surface area contributed by atoms with E-state index >= 15 is 0 Å². The maximum absolute atomic E-state index is 12.1. The topological polar surface area (TPSA) is 69.6 Å². The summed E-state index contributed by atoms with van der Waals surface area (Å²) in [6.45, 7) is 2.65. The van der Waals surface area contributed by atoms with E-state index in [-0.39, 0.29) is 11.5 Å². The number of carbonyl (C=O) groups is 1. The lowest BCUT2D eigenvalue weighted by Crippen LogP contribution is -2.31. The molecule has 0 aliphatic rings. The number of aryl methyl sites for hydroxylation is 2. The molecule has 26 heavy (non-hydrogen) atoms. The lowest BCUT2D eigenvalue weighted by Gasteiger charge is -2.12. The molecule has 0 saturated carbocycles. The van der Waals surface area contributed by atoms with Gasteiger partial charge in [-0.3, -0.25) is 9.59 Å². The lowest BCUT2D eigenvalue weighted by molar-refractivity contribution is -0.121. The highest BCUT2D eigenvalue weighted by Gasteiger charge is 2.08. The Morgan fingerprint density at radius 2 is 1.96 bits per heavy atom. The van der Waals surface area contributed by atoms with E-state index in [0.717, 1.165) is 21.5 Å². The molecule has 2 aromatic rings. The number of hydrogen-bond donors (Lipinski definition) is 1. The Hall–Kier alpha value is -2.28. The fourth-order valence-electron chi connectivity index (χ4n) is 2.69. The summed E-state index contributed by atoms with van der Waals surface area (Å²) in [5.41, 5.74) is 1.62. The third-order valence-corrected chi connectivity index (χ3v) is 4.56. The van der Waals surface area contributed by atoms with E-state index in [1.54, 1.807) is 17.7 Å². The summed E-state index contributed by atoms with van der Waals surface area (Å²) in [6, 6.07) is 8.96. The Bertz CT molecular complexity index is 833. The van der Waals surface area contributed by atoms with Crippen molar-refractivity contribution in [3.05, 3.63) is 56.4 Å². The summed E-state index contributed by atoms with van der Waals surface area (Å²) < 4.78 is 13.0. The molecule has 0 radical (unpaired) electrons. The molecule has 1 heterocycles. The first-order chi connectivity index (χ1) is 12.4. The van der Waals surface area contributed by atoms with Gasteiger partial charge in [0.05, 0.1) is 14.2 Å². The van der Waals surface area contributed by atoms with E-state index in [0.29, 0.717) is 31.7 Å². The molecule has 7 heteroatoms. The van der Waals surface area contributed by atoms with Gasteiger partial charge in [-0.2, -0.15) is 0 Å². The molecule has 1 amide bonds. The molecule has 6 nitrogen and oxygen atoms in total. The van der Waals surface area contributed by atoms with Crippen LogP contribution in [0.4, 0.5) is 0 Å². The summed E-state index contributed by atoms with van der Waals surface area (Å²) >= 11 is 3.43. The predicted molar refractivity (Wildman–Crippen MR) is 104 cm³/mol. The largest absolute Gasteiger partial charge is 0.496 e. The average Bonchev–Trinajstić information content (AvgIpc) is 2.62. The number of halogens is 1. The SMILES string of the molecule is COc1cc(C)n(CCNC(=O)CCc2cc(Br)ccc2OC)c(=O)c1. The summed E-state index contributed by atoms with van der Waals surface area (Å²) in [7, 11) is 3.14. The quantitative estimate of drug-likeness (QED) is 0.709. The zero-order valence-corrected chi connectivity index (χ0v) is 16.8. The molecular formula is C19H23BrN2O4. The average molecular weight is 423 g/mol. The van der Waals surface area contributed by atoms with Crippen LogP contribution in [0.15, 0.2) is 39.6 Å². The molecule has 1 aromatic carbocycles. The minimum absolute atomic E-state index is 0.0637. The van der Waals surface area contributed by atoms with Crippen molar-refractivity contribution in [3.63, 3.8) is 0 Å². The van der Waals surface area contributed by atoms with Crippen LogP contribution in [0.1, 0.15) is 17.7 Å². The van der Waals surface area contributed by atoms with Crippen molar-refractivity contribution in [1.29, 1.82) is 0 Å². The van der Waals surface area contributed by atoms with Gasteiger partial charge in [0.1, 0.15) is 11.5 Å². The Labute approximate surface area is 161 Å². The van der Waals surface area contributed by atoms with Crippen LogP contribution >= 0.6 is 15.9 Å². The lowest BCUT2D eigenvalue weighted by atomic mass is 10.1. The van der Waals surface area contributed by atoms with Crippen LogP contribution in [0.5, 0.6) is 11.5 Å². The number of rotatable bonds is 8. The second-order valence-corrected chi connectivity index (χ2v) is 6.75. The van der Waals surface area contributed by atoms with E-state index in [9.17, 15) is 9.59 Å². The molecule has 1 N–H and O–H groups in total. The van der Waals surface area contributed by atoms with E-state index < -0.39 is 0 Å².